The van der Waals surface area contributed by atoms with E-state index in [1.807, 2.05) is 6.92 Å². The van der Waals surface area contributed by atoms with Crippen LogP contribution in [0.1, 0.15) is 23.6 Å². The average Bonchev–Trinajstić information content (AvgIpc) is 2.03. The third-order valence-electron chi connectivity index (χ3n) is 1.96. The summed E-state index contributed by atoms with van der Waals surface area (Å²) in [6, 6.07) is 6.45. The zero-order chi connectivity index (χ0) is 8.97. The first-order chi connectivity index (χ1) is 5.74. The number of rotatable bonds is 3. The molecular weight excluding hydrogens is 148 g/mol. The molecule has 0 N–H and O–H groups in total. The number of hydrogen-bond donors (Lipinski definition) is 0. The first-order valence-corrected chi connectivity index (χ1v) is 4.38. The van der Waals surface area contributed by atoms with Crippen molar-refractivity contribution in [1.82, 2.24) is 0 Å². The van der Waals surface area contributed by atoms with E-state index in [1.54, 1.807) is 0 Å². The minimum absolute atomic E-state index is 0.739. The third-order valence-corrected chi connectivity index (χ3v) is 1.96. The molecule has 0 unspecified atom stereocenters. The zero-order valence-corrected chi connectivity index (χ0v) is 8.05. The molecular formula is C11H16O. The van der Waals surface area contributed by atoms with Crippen LogP contribution in [0.15, 0.2) is 18.2 Å². The van der Waals surface area contributed by atoms with Gasteiger partial charge in [0.25, 0.3) is 0 Å². The Hall–Kier alpha value is -0.820. The molecule has 0 aliphatic heterocycles. The lowest BCUT2D eigenvalue weighted by atomic mass is 10.1. The Morgan fingerprint density at radius 2 is 2.00 bits per heavy atom. The Kier molecular flexibility index (Phi) is 3.30. The van der Waals surface area contributed by atoms with Gasteiger partial charge in [0.1, 0.15) is 0 Å². The van der Waals surface area contributed by atoms with Crippen molar-refractivity contribution < 1.29 is 4.74 Å². The Bertz CT molecular complexity index is 253. The fraction of sp³-hybridized carbons (Fsp3) is 0.455. The number of ether oxygens (including phenoxy) is 1. The van der Waals surface area contributed by atoms with Crippen LogP contribution in [0.25, 0.3) is 0 Å². The molecule has 12 heavy (non-hydrogen) atoms. The summed E-state index contributed by atoms with van der Waals surface area (Å²) in [5.74, 6) is 0. The molecule has 0 aliphatic carbocycles. The Morgan fingerprint density at radius 3 is 2.58 bits per heavy atom. The Labute approximate surface area is 74.4 Å². The minimum atomic E-state index is 0.739. The van der Waals surface area contributed by atoms with E-state index in [2.05, 4.69) is 32.0 Å². The summed E-state index contributed by atoms with van der Waals surface area (Å²) in [4.78, 5) is 0. The largest absolute Gasteiger partial charge is 0.377 e. The topological polar surface area (TPSA) is 9.23 Å². The SMILES string of the molecule is CCOCc1ccc(C)cc1C. The minimum Gasteiger partial charge on any atom is -0.377 e. The van der Waals surface area contributed by atoms with Gasteiger partial charge in [-0.15, -0.1) is 0 Å². The Balaban J connectivity index is 2.72. The summed E-state index contributed by atoms with van der Waals surface area (Å²) in [6.07, 6.45) is 0. The van der Waals surface area contributed by atoms with Gasteiger partial charge in [-0.25, -0.2) is 0 Å². The molecule has 1 nitrogen and oxygen atoms in total. The maximum atomic E-state index is 5.34. The van der Waals surface area contributed by atoms with Crippen molar-refractivity contribution in [1.29, 1.82) is 0 Å². The van der Waals surface area contributed by atoms with Gasteiger partial charge in [0, 0.05) is 6.61 Å². The highest BCUT2D eigenvalue weighted by Gasteiger charge is 1.96. The van der Waals surface area contributed by atoms with Crippen LogP contribution in [0.2, 0.25) is 0 Å². The standard InChI is InChI=1S/C11H16O/c1-4-12-8-11-6-5-9(2)7-10(11)3/h5-7H,4,8H2,1-3H3. The molecule has 1 rings (SSSR count). The molecule has 66 valence electrons. The van der Waals surface area contributed by atoms with Crippen molar-refractivity contribution in [2.75, 3.05) is 6.61 Å². The van der Waals surface area contributed by atoms with Crippen molar-refractivity contribution in [3.05, 3.63) is 34.9 Å². The fourth-order valence-electron chi connectivity index (χ4n) is 1.22. The van der Waals surface area contributed by atoms with E-state index in [1.165, 1.54) is 16.7 Å². The number of aryl methyl sites for hydroxylation is 2. The molecule has 0 bridgehead atoms. The van der Waals surface area contributed by atoms with Crippen molar-refractivity contribution in [3.63, 3.8) is 0 Å². The quantitative estimate of drug-likeness (QED) is 0.667. The lowest BCUT2D eigenvalue weighted by Crippen LogP contribution is -1.94. The van der Waals surface area contributed by atoms with Gasteiger partial charge in [0.15, 0.2) is 0 Å². The molecule has 0 amide bonds. The smallest absolute Gasteiger partial charge is 0.0719 e. The van der Waals surface area contributed by atoms with Gasteiger partial charge in [0.2, 0.25) is 0 Å². The van der Waals surface area contributed by atoms with Crippen molar-refractivity contribution in [2.24, 2.45) is 0 Å². The van der Waals surface area contributed by atoms with Crippen LogP contribution in [0.4, 0.5) is 0 Å². The lowest BCUT2D eigenvalue weighted by Gasteiger charge is -2.06. The summed E-state index contributed by atoms with van der Waals surface area (Å²) in [5.41, 5.74) is 3.93. The highest BCUT2D eigenvalue weighted by molar-refractivity contribution is 5.29. The highest BCUT2D eigenvalue weighted by atomic mass is 16.5. The first-order valence-electron chi connectivity index (χ1n) is 4.38. The van der Waals surface area contributed by atoms with Gasteiger partial charge in [-0.1, -0.05) is 23.8 Å². The van der Waals surface area contributed by atoms with Crippen LogP contribution in [-0.2, 0) is 11.3 Å². The summed E-state index contributed by atoms with van der Waals surface area (Å²) in [5, 5.41) is 0. The summed E-state index contributed by atoms with van der Waals surface area (Å²) in [6.45, 7) is 7.78. The first kappa shape index (κ1) is 9.27. The second-order valence-electron chi connectivity index (χ2n) is 3.07. The lowest BCUT2D eigenvalue weighted by molar-refractivity contribution is 0.133. The van der Waals surface area contributed by atoms with Crippen LogP contribution in [0, 0.1) is 13.8 Å². The van der Waals surface area contributed by atoms with Gasteiger partial charge in [-0.2, -0.15) is 0 Å². The van der Waals surface area contributed by atoms with E-state index in [0.29, 0.717) is 0 Å². The van der Waals surface area contributed by atoms with E-state index in [-0.39, 0.29) is 0 Å². The van der Waals surface area contributed by atoms with E-state index in [0.717, 1.165) is 13.2 Å². The monoisotopic (exact) mass is 164 g/mol. The number of benzene rings is 1. The summed E-state index contributed by atoms with van der Waals surface area (Å²) < 4.78 is 5.34. The van der Waals surface area contributed by atoms with E-state index in [4.69, 9.17) is 4.74 Å². The molecule has 0 heterocycles. The second-order valence-corrected chi connectivity index (χ2v) is 3.07. The van der Waals surface area contributed by atoms with Gasteiger partial charge < -0.3 is 4.74 Å². The number of hydrogen-bond acceptors (Lipinski definition) is 1. The molecule has 1 aromatic rings. The van der Waals surface area contributed by atoms with E-state index >= 15 is 0 Å². The molecule has 1 aromatic carbocycles. The van der Waals surface area contributed by atoms with Crippen molar-refractivity contribution in [2.45, 2.75) is 27.4 Å². The molecule has 0 saturated heterocycles. The predicted octanol–water partition coefficient (Wildman–Crippen LogP) is 2.84. The van der Waals surface area contributed by atoms with Crippen LogP contribution < -0.4 is 0 Å². The van der Waals surface area contributed by atoms with Gasteiger partial charge in [-0.05, 0) is 31.9 Å². The van der Waals surface area contributed by atoms with E-state index < -0.39 is 0 Å². The van der Waals surface area contributed by atoms with Gasteiger partial charge >= 0.3 is 0 Å². The second kappa shape index (κ2) is 4.27. The molecule has 0 radical (unpaired) electrons. The van der Waals surface area contributed by atoms with Crippen LogP contribution >= 0.6 is 0 Å². The third kappa shape index (κ3) is 2.35. The van der Waals surface area contributed by atoms with Crippen LogP contribution in [0.5, 0.6) is 0 Å². The normalized spacial score (nSPS) is 10.2. The molecule has 0 aliphatic rings. The molecule has 0 fully saturated rings. The molecule has 0 atom stereocenters. The molecule has 0 aromatic heterocycles. The molecule has 0 spiro atoms. The highest BCUT2D eigenvalue weighted by Crippen LogP contribution is 2.11. The van der Waals surface area contributed by atoms with Gasteiger partial charge in [-0.3, -0.25) is 0 Å². The van der Waals surface area contributed by atoms with Crippen LogP contribution in [-0.4, -0.2) is 6.61 Å². The fourth-order valence-corrected chi connectivity index (χ4v) is 1.22. The van der Waals surface area contributed by atoms with Gasteiger partial charge in [0.05, 0.1) is 6.61 Å². The summed E-state index contributed by atoms with van der Waals surface area (Å²) >= 11 is 0. The van der Waals surface area contributed by atoms with E-state index in [9.17, 15) is 0 Å². The van der Waals surface area contributed by atoms with Crippen molar-refractivity contribution >= 4 is 0 Å². The summed E-state index contributed by atoms with van der Waals surface area (Å²) in [7, 11) is 0. The Morgan fingerprint density at radius 1 is 1.25 bits per heavy atom. The van der Waals surface area contributed by atoms with Crippen LogP contribution in [0.3, 0.4) is 0 Å². The molecule has 1 heteroatoms. The predicted molar refractivity (Wildman–Crippen MR) is 51.2 cm³/mol. The maximum absolute atomic E-state index is 5.34. The molecule has 0 saturated carbocycles. The average molecular weight is 164 g/mol. The maximum Gasteiger partial charge on any atom is 0.0719 e. The zero-order valence-electron chi connectivity index (χ0n) is 8.05. The van der Waals surface area contributed by atoms with Crippen molar-refractivity contribution in [3.8, 4) is 0 Å².